The first-order valence-corrected chi connectivity index (χ1v) is 7.38. The highest BCUT2D eigenvalue weighted by Crippen LogP contribution is 2.32. The Labute approximate surface area is 135 Å². The molecule has 4 rings (SSSR count). The highest BCUT2D eigenvalue weighted by Gasteiger charge is 2.35. The second-order valence-corrected chi connectivity index (χ2v) is 5.60. The van der Waals surface area contributed by atoms with E-state index in [1.165, 1.54) is 6.33 Å². The van der Waals surface area contributed by atoms with Gasteiger partial charge in [0.2, 0.25) is 0 Å². The van der Waals surface area contributed by atoms with Crippen LogP contribution in [0.4, 0.5) is 0 Å². The van der Waals surface area contributed by atoms with Crippen LogP contribution in [0.25, 0.3) is 22.7 Å². The van der Waals surface area contributed by atoms with E-state index in [0.29, 0.717) is 29.1 Å². The van der Waals surface area contributed by atoms with Crippen molar-refractivity contribution in [3.8, 4) is 11.5 Å². The van der Waals surface area contributed by atoms with Crippen LogP contribution in [0, 0.1) is 0 Å². The lowest BCUT2D eigenvalue weighted by atomic mass is 10.2. The smallest absolute Gasteiger partial charge is 0.181 e. The summed E-state index contributed by atoms with van der Waals surface area (Å²) in [7, 11) is 0. The number of hydrogen-bond donors (Lipinski definition) is 3. The van der Waals surface area contributed by atoms with Gasteiger partial charge in [-0.15, -0.1) is 0 Å². The summed E-state index contributed by atoms with van der Waals surface area (Å²) < 4.78 is 7.33. The first kappa shape index (κ1) is 14.5. The van der Waals surface area contributed by atoms with Gasteiger partial charge in [0.25, 0.3) is 0 Å². The van der Waals surface area contributed by atoms with Crippen LogP contribution in [0.2, 0.25) is 5.15 Å². The van der Waals surface area contributed by atoms with Crippen molar-refractivity contribution in [2.24, 2.45) is 0 Å². The number of nitrogens with one attached hydrogen (secondary N) is 1. The number of rotatable bonds is 3. The van der Waals surface area contributed by atoms with E-state index in [1.807, 2.05) is 0 Å². The Bertz CT molecular complexity index is 836. The molecule has 3 N–H and O–H groups in total. The van der Waals surface area contributed by atoms with E-state index in [0.717, 1.165) is 0 Å². The summed E-state index contributed by atoms with van der Waals surface area (Å²) in [6.07, 6.45) is 3.14. The average molecular weight is 337 g/mol. The SMILES string of the molecule is OCC1OC(n2cnc3c(Cl)nc(-c4cnc[nH]4)nc32)CC1O. The van der Waals surface area contributed by atoms with Crippen molar-refractivity contribution in [1.29, 1.82) is 0 Å². The molecule has 1 aliphatic heterocycles. The molecule has 3 aromatic heterocycles. The number of hydrogen-bond acceptors (Lipinski definition) is 7. The second-order valence-electron chi connectivity index (χ2n) is 5.24. The second kappa shape index (κ2) is 5.53. The average Bonchev–Trinajstić information content (AvgIpc) is 3.25. The van der Waals surface area contributed by atoms with E-state index in [-0.39, 0.29) is 11.8 Å². The molecule has 120 valence electrons. The summed E-state index contributed by atoms with van der Waals surface area (Å²) >= 11 is 6.19. The molecule has 3 unspecified atom stereocenters. The Hall–Kier alpha value is -2.07. The van der Waals surface area contributed by atoms with Crippen molar-refractivity contribution in [3.05, 3.63) is 24.0 Å². The molecule has 0 aromatic carbocycles. The summed E-state index contributed by atoms with van der Waals surface area (Å²) in [6, 6.07) is 0. The number of H-pyrrole nitrogens is 1. The summed E-state index contributed by atoms with van der Waals surface area (Å²) in [4.78, 5) is 19.8. The summed E-state index contributed by atoms with van der Waals surface area (Å²) in [5, 5.41) is 19.3. The van der Waals surface area contributed by atoms with Gasteiger partial charge in [0, 0.05) is 6.42 Å². The molecule has 1 aliphatic rings. The maximum Gasteiger partial charge on any atom is 0.181 e. The Morgan fingerprint density at radius 2 is 2.30 bits per heavy atom. The first-order valence-electron chi connectivity index (χ1n) is 7.00. The van der Waals surface area contributed by atoms with E-state index in [1.54, 1.807) is 17.1 Å². The molecule has 0 bridgehead atoms. The number of fused-ring (bicyclic) bond motifs is 1. The number of aromatic amines is 1. The minimum Gasteiger partial charge on any atom is -0.394 e. The minimum absolute atomic E-state index is 0.218. The third-order valence-electron chi connectivity index (χ3n) is 3.81. The van der Waals surface area contributed by atoms with Gasteiger partial charge in [-0.3, -0.25) is 4.57 Å². The Morgan fingerprint density at radius 3 is 3.00 bits per heavy atom. The molecular weight excluding hydrogens is 324 g/mol. The van der Waals surface area contributed by atoms with Gasteiger partial charge >= 0.3 is 0 Å². The molecule has 23 heavy (non-hydrogen) atoms. The molecule has 3 aromatic rings. The van der Waals surface area contributed by atoms with Gasteiger partial charge in [-0.1, -0.05) is 11.6 Å². The summed E-state index contributed by atoms with van der Waals surface area (Å²) in [5.74, 6) is 0.388. The Balaban J connectivity index is 1.79. The lowest BCUT2D eigenvalue weighted by molar-refractivity contribution is -0.0432. The highest BCUT2D eigenvalue weighted by molar-refractivity contribution is 6.33. The predicted molar refractivity (Wildman–Crippen MR) is 79.5 cm³/mol. The van der Waals surface area contributed by atoms with Crippen LogP contribution in [-0.4, -0.2) is 58.5 Å². The molecule has 0 amide bonds. The van der Waals surface area contributed by atoms with Crippen LogP contribution in [-0.2, 0) is 4.74 Å². The zero-order valence-electron chi connectivity index (χ0n) is 11.8. The lowest BCUT2D eigenvalue weighted by Crippen LogP contribution is -2.24. The molecule has 1 saturated heterocycles. The van der Waals surface area contributed by atoms with Crippen molar-refractivity contribution in [2.45, 2.75) is 24.9 Å². The van der Waals surface area contributed by atoms with E-state index in [4.69, 9.17) is 16.3 Å². The number of imidazole rings is 2. The molecule has 0 saturated carbocycles. The molecule has 4 heterocycles. The summed E-state index contributed by atoms with van der Waals surface area (Å²) in [6.45, 7) is -0.251. The van der Waals surface area contributed by atoms with Gasteiger partial charge in [-0.2, -0.15) is 0 Å². The summed E-state index contributed by atoms with van der Waals surface area (Å²) in [5.41, 5.74) is 1.56. The highest BCUT2D eigenvalue weighted by atomic mass is 35.5. The lowest BCUT2D eigenvalue weighted by Gasteiger charge is -2.13. The maximum absolute atomic E-state index is 9.90. The van der Waals surface area contributed by atoms with Crippen molar-refractivity contribution < 1.29 is 14.9 Å². The van der Waals surface area contributed by atoms with Crippen LogP contribution in [0.5, 0.6) is 0 Å². The fourth-order valence-corrected chi connectivity index (χ4v) is 2.86. The van der Waals surface area contributed by atoms with Crippen molar-refractivity contribution in [3.63, 3.8) is 0 Å². The largest absolute Gasteiger partial charge is 0.394 e. The molecule has 0 spiro atoms. The fourth-order valence-electron chi connectivity index (χ4n) is 2.64. The van der Waals surface area contributed by atoms with Crippen molar-refractivity contribution in [1.82, 2.24) is 29.5 Å². The third-order valence-corrected chi connectivity index (χ3v) is 4.08. The molecular formula is C13H13ClN6O3. The van der Waals surface area contributed by atoms with E-state index in [2.05, 4.69) is 24.9 Å². The van der Waals surface area contributed by atoms with E-state index >= 15 is 0 Å². The quantitative estimate of drug-likeness (QED) is 0.595. The molecule has 9 nitrogen and oxygen atoms in total. The fraction of sp³-hybridized carbons (Fsp3) is 0.385. The van der Waals surface area contributed by atoms with Gasteiger partial charge in [0.15, 0.2) is 16.6 Å². The molecule has 3 atom stereocenters. The molecule has 0 aliphatic carbocycles. The predicted octanol–water partition coefficient (Wildman–Crippen LogP) is 0.510. The van der Waals surface area contributed by atoms with Crippen LogP contribution < -0.4 is 0 Å². The number of aromatic nitrogens is 6. The topological polar surface area (TPSA) is 122 Å². The zero-order chi connectivity index (χ0) is 16.0. The maximum atomic E-state index is 9.90. The number of aliphatic hydroxyl groups is 2. The third kappa shape index (κ3) is 2.38. The number of halogens is 1. The zero-order valence-corrected chi connectivity index (χ0v) is 12.6. The normalized spacial score (nSPS) is 24.6. The Kier molecular flexibility index (Phi) is 3.49. The Morgan fingerprint density at radius 1 is 1.43 bits per heavy atom. The number of nitrogens with zero attached hydrogens (tertiary/aromatic N) is 5. The van der Waals surface area contributed by atoms with Gasteiger partial charge in [-0.25, -0.2) is 19.9 Å². The van der Waals surface area contributed by atoms with E-state index in [9.17, 15) is 10.2 Å². The number of aliphatic hydroxyl groups excluding tert-OH is 2. The van der Waals surface area contributed by atoms with Gasteiger partial charge < -0.3 is 19.9 Å². The van der Waals surface area contributed by atoms with Crippen molar-refractivity contribution in [2.75, 3.05) is 6.61 Å². The monoisotopic (exact) mass is 336 g/mol. The number of ether oxygens (including phenoxy) is 1. The van der Waals surface area contributed by atoms with E-state index < -0.39 is 18.4 Å². The minimum atomic E-state index is -0.744. The molecule has 0 radical (unpaired) electrons. The van der Waals surface area contributed by atoms with Crippen LogP contribution >= 0.6 is 11.6 Å². The van der Waals surface area contributed by atoms with Crippen LogP contribution in [0.15, 0.2) is 18.9 Å². The van der Waals surface area contributed by atoms with Crippen molar-refractivity contribution >= 4 is 22.8 Å². The first-order chi connectivity index (χ1) is 11.2. The molecule has 1 fully saturated rings. The standard InChI is InChI=1S/C13H13ClN6O3/c14-11-10-13(19-12(18-11)6-2-15-4-16-6)20(5-17-10)9-1-7(22)8(3-21)23-9/h2,4-5,7-9,21-22H,1,3H2,(H,15,16). The van der Waals surface area contributed by atoms with Gasteiger partial charge in [0.05, 0.1) is 31.6 Å². The van der Waals surface area contributed by atoms with Crippen LogP contribution in [0.1, 0.15) is 12.6 Å². The van der Waals surface area contributed by atoms with Gasteiger partial charge in [0.1, 0.15) is 23.5 Å². The molecule has 10 heteroatoms. The van der Waals surface area contributed by atoms with Gasteiger partial charge in [-0.05, 0) is 0 Å². The van der Waals surface area contributed by atoms with Crippen LogP contribution in [0.3, 0.4) is 0 Å².